The third kappa shape index (κ3) is 3.94. The molecule has 0 atom stereocenters. The first-order valence-corrected chi connectivity index (χ1v) is 6.42. The number of amides is 1. The average Bonchev–Trinajstić information content (AvgIpc) is 2.60. The van der Waals surface area contributed by atoms with Crippen molar-refractivity contribution in [3.05, 3.63) is 15.8 Å². The van der Waals surface area contributed by atoms with Gasteiger partial charge in [-0.15, -0.1) is 0 Å². The highest BCUT2D eigenvalue weighted by molar-refractivity contribution is 5.81. The summed E-state index contributed by atoms with van der Waals surface area (Å²) in [6.07, 6.45) is 0. The number of carbonyl (C=O) groups is 1. The van der Waals surface area contributed by atoms with Crippen LogP contribution in [0.3, 0.4) is 0 Å². The fourth-order valence-corrected chi connectivity index (χ4v) is 1.82. The summed E-state index contributed by atoms with van der Waals surface area (Å²) in [5.41, 5.74) is -0.1000. The molecule has 0 saturated heterocycles. The lowest BCUT2D eigenvalue weighted by Crippen LogP contribution is -2.43. The molecule has 1 heterocycles. The molecule has 1 aromatic rings. The number of nitrogens with one attached hydrogen (secondary N) is 2. The largest absolute Gasteiger partial charge is 0.355 e. The number of anilines is 1. The molecular formula is C12H21N5O3. The molecule has 0 aliphatic heterocycles. The average molecular weight is 283 g/mol. The number of hydrogen-bond donors (Lipinski definition) is 2. The number of hydrogen-bond acceptors (Lipinski definition) is 5. The summed E-state index contributed by atoms with van der Waals surface area (Å²) in [6, 6.07) is 0. The van der Waals surface area contributed by atoms with E-state index in [4.69, 9.17) is 0 Å². The van der Waals surface area contributed by atoms with Crippen LogP contribution in [-0.4, -0.2) is 32.7 Å². The summed E-state index contributed by atoms with van der Waals surface area (Å²) in [4.78, 5) is 22.3. The van der Waals surface area contributed by atoms with Crippen molar-refractivity contribution >= 4 is 17.4 Å². The minimum Gasteiger partial charge on any atom is -0.355 e. The third-order valence-electron chi connectivity index (χ3n) is 2.51. The minimum absolute atomic E-state index is 0.0384. The normalized spacial score (nSPS) is 11.2. The molecule has 112 valence electrons. The molecule has 0 spiro atoms. The molecule has 0 aliphatic rings. The fraction of sp³-hybridized carbons (Fsp3) is 0.667. The van der Waals surface area contributed by atoms with Crippen molar-refractivity contribution in [1.29, 1.82) is 0 Å². The number of aryl methyl sites for hydroxylation is 2. The summed E-state index contributed by atoms with van der Waals surface area (Å²) in [7, 11) is 0. The summed E-state index contributed by atoms with van der Waals surface area (Å²) < 4.78 is 1.48. The zero-order chi connectivity index (χ0) is 15.5. The van der Waals surface area contributed by atoms with E-state index in [0.29, 0.717) is 12.2 Å². The molecular weight excluding hydrogens is 262 g/mol. The highest BCUT2D eigenvalue weighted by Gasteiger charge is 2.25. The van der Waals surface area contributed by atoms with Crippen LogP contribution < -0.4 is 10.6 Å². The quantitative estimate of drug-likeness (QED) is 0.629. The zero-order valence-corrected chi connectivity index (χ0v) is 12.5. The van der Waals surface area contributed by atoms with E-state index in [1.807, 2.05) is 27.7 Å². The lowest BCUT2D eigenvalue weighted by atomic mass is 10.1. The molecule has 0 aliphatic carbocycles. The molecule has 0 fully saturated rings. The molecule has 1 amide bonds. The second kappa shape index (κ2) is 5.89. The van der Waals surface area contributed by atoms with E-state index < -0.39 is 4.92 Å². The predicted molar refractivity (Wildman–Crippen MR) is 75.7 cm³/mol. The summed E-state index contributed by atoms with van der Waals surface area (Å²) >= 11 is 0. The molecule has 1 rings (SSSR count). The van der Waals surface area contributed by atoms with Crippen LogP contribution in [-0.2, 0) is 11.3 Å². The molecule has 2 N–H and O–H groups in total. The van der Waals surface area contributed by atoms with E-state index >= 15 is 0 Å². The van der Waals surface area contributed by atoms with Crippen LogP contribution in [0.25, 0.3) is 0 Å². The Morgan fingerprint density at radius 2 is 2.05 bits per heavy atom. The van der Waals surface area contributed by atoms with Gasteiger partial charge in [0.2, 0.25) is 11.7 Å². The van der Waals surface area contributed by atoms with Gasteiger partial charge in [0.1, 0.15) is 5.69 Å². The highest BCUT2D eigenvalue weighted by Crippen LogP contribution is 2.27. The monoisotopic (exact) mass is 283 g/mol. The Balaban J connectivity index is 2.87. The van der Waals surface area contributed by atoms with Crippen LogP contribution in [0.2, 0.25) is 0 Å². The van der Waals surface area contributed by atoms with Crippen LogP contribution in [0.15, 0.2) is 0 Å². The lowest BCUT2D eigenvalue weighted by molar-refractivity contribution is -0.384. The molecule has 1 aromatic heterocycles. The van der Waals surface area contributed by atoms with Crippen molar-refractivity contribution in [2.75, 3.05) is 11.9 Å². The molecule has 8 heteroatoms. The molecule has 0 saturated carbocycles. The maximum absolute atomic E-state index is 11.7. The van der Waals surface area contributed by atoms with E-state index in [1.54, 1.807) is 6.92 Å². The smallest absolute Gasteiger partial charge is 0.333 e. The van der Waals surface area contributed by atoms with E-state index in [9.17, 15) is 14.9 Å². The van der Waals surface area contributed by atoms with Crippen LogP contribution in [0.1, 0.15) is 33.4 Å². The van der Waals surface area contributed by atoms with Crippen LogP contribution in [0, 0.1) is 17.0 Å². The Hall–Kier alpha value is -2.12. The standard InChI is InChI=1S/C12H21N5O3/c1-6-16-11(10(17(19)20)8(2)15-16)13-7-9(18)14-12(3,4)5/h13H,6-7H2,1-5H3,(H,14,18). The Labute approximate surface area is 117 Å². The first-order chi connectivity index (χ1) is 9.15. The van der Waals surface area contributed by atoms with Gasteiger partial charge < -0.3 is 10.6 Å². The van der Waals surface area contributed by atoms with Gasteiger partial charge in [-0.2, -0.15) is 5.10 Å². The van der Waals surface area contributed by atoms with Gasteiger partial charge in [0.05, 0.1) is 11.5 Å². The minimum atomic E-state index is -0.488. The maximum atomic E-state index is 11.7. The molecule has 0 radical (unpaired) electrons. The Morgan fingerprint density at radius 1 is 1.45 bits per heavy atom. The van der Waals surface area contributed by atoms with Crippen LogP contribution in [0.5, 0.6) is 0 Å². The van der Waals surface area contributed by atoms with Gasteiger partial charge in [-0.05, 0) is 34.6 Å². The van der Waals surface area contributed by atoms with E-state index in [2.05, 4.69) is 15.7 Å². The second-order valence-electron chi connectivity index (χ2n) is 5.51. The number of rotatable bonds is 5. The molecule has 0 bridgehead atoms. The lowest BCUT2D eigenvalue weighted by Gasteiger charge is -2.20. The molecule has 20 heavy (non-hydrogen) atoms. The van der Waals surface area contributed by atoms with Gasteiger partial charge in [0.15, 0.2) is 0 Å². The first-order valence-electron chi connectivity index (χ1n) is 6.42. The van der Waals surface area contributed by atoms with E-state index in [0.717, 1.165) is 0 Å². The van der Waals surface area contributed by atoms with Gasteiger partial charge in [-0.3, -0.25) is 14.9 Å². The van der Waals surface area contributed by atoms with Crippen molar-refractivity contribution in [2.45, 2.75) is 46.7 Å². The van der Waals surface area contributed by atoms with E-state index in [-0.39, 0.29) is 29.5 Å². The van der Waals surface area contributed by atoms with Crippen molar-refractivity contribution in [1.82, 2.24) is 15.1 Å². The highest BCUT2D eigenvalue weighted by atomic mass is 16.6. The number of carbonyl (C=O) groups excluding carboxylic acids is 1. The van der Waals surface area contributed by atoms with Gasteiger partial charge in [0, 0.05) is 12.1 Å². The van der Waals surface area contributed by atoms with Crippen molar-refractivity contribution in [3.8, 4) is 0 Å². The molecule has 0 aromatic carbocycles. The fourth-order valence-electron chi connectivity index (χ4n) is 1.82. The number of nitro groups is 1. The maximum Gasteiger partial charge on any atom is 0.333 e. The van der Waals surface area contributed by atoms with Gasteiger partial charge in [-0.1, -0.05) is 0 Å². The van der Waals surface area contributed by atoms with Gasteiger partial charge >= 0.3 is 5.69 Å². The molecule has 8 nitrogen and oxygen atoms in total. The summed E-state index contributed by atoms with van der Waals surface area (Å²) in [5.74, 6) is 0.0346. The topological polar surface area (TPSA) is 102 Å². The third-order valence-corrected chi connectivity index (χ3v) is 2.51. The first kappa shape index (κ1) is 15.9. The summed E-state index contributed by atoms with van der Waals surface area (Å²) in [5, 5.41) is 20.7. The van der Waals surface area contributed by atoms with Crippen LogP contribution >= 0.6 is 0 Å². The number of nitrogens with zero attached hydrogens (tertiary/aromatic N) is 3. The van der Waals surface area contributed by atoms with Crippen molar-refractivity contribution in [2.24, 2.45) is 0 Å². The summed E-state index contributed by atoms with van der Waals surface area (Å²) in [6.45, 7) is 9.46. The van der Waals surface area contributed by atoms with Crippen molar-refractivity contribution < 1.29 is 9.72 Å². The second-order valence-corrected chi connectivity index (χ2v) is 5.51. The predicted octanol–water partition coefficient (Wildman–Crippen LogP) is 1.45. The Morgan fingerprint density at radius 3 is 2.50 bits per heavy atom. The number of aromatic nitrogens is 2. The Kier molecular flexibility index (Phi) is 4.69. The molecule has 0 unspecified atom stereocenters. The zero-order valence-electron chi connectivity index (χ0n) is 12.5. The van der Waals surface area contributed by atoms with Crippen molar-refractivity contribution in [3.63, 3.8) is 0 Å². The van der Waals surface area contributed by atoms with Gasteiger partial charge in [0.25, 0.3) is 0 Å². The van der Waals surface area contributed by atoms with E-state index in [1.165, 1.54) is 4.68 Å². The van der Waals surface area contributed by atoms with Crippen LogP contribution in [0.4, 0.5) is 11.5 Å². The van der Waals surface area contributed by atoms with Gasteiger partial charge in [-0.25, -0.2) is 4.68 Å². The Bertz CT molecular complexity index is 516. The SMILES string of the molecule is CCn1nc(C)c([N+](=O)[O-])c1NCC(=O)NC(C)(C)C.